The molecule has 0 radical (unpaired) electrons. The molecule has 2 aliphatic heterocycles. The van der Waals surface area contributed by atoms with Gasteiger partial charge in [-0.25, -0.2) is 4.79 Å². The summed E-state index contributed by atoms with van der Waals surface area (Å²) in [4.78, 5) is 17.2. The zero-order chi connectivity index (χ0) is 18.5. The number of amides is 2. The lowest BCUT2D eigenvalue weighted by atomic mass is 9.94. The van der Waals surface area contributed by atoms with E-state index in [9.17, 15) is 4.79 Å². The van der Waals surface area contributed by atoms with Gasteiger partial charge in [0.25, 0.3) is 0 Å². The molecule has 3 heterocycles. The van der Waals surface area contributed by atoms with Crippen LogP contribution in [0.1, 0.15) is 46.5 Å². The van der Waals surface area contributed by atoms with E-state index >= 15 is 0 Å². The molecule has 0 bridgehead atoms. The van der Waals surface area contributed by atoms with Crippen molar-refractivity contribution in [3.63, 3.8) is 0 Å². The number of carbonyl (C=O) groups excluding carboxylic acids is 1. The quantitative estimate of drug-likeness (QED) is 0.873. The number of piperidine rings is 2. The Morgan fingerprint density at radius 1 is 1.27 bits per heavy atom. The first-order chi connectivity index (χ1) is 12.5. The first kappa shape index (κ1) is 19.2. The highest BCUT2D eigenvalue weighted by Crippen LogP contribution is 2.22. The third kappa shape index (κ3) is 5.47. The number of hydrogen-bond donors (Lipinski definition) is 1. The Bertz CT molecular complexity index is 577. The molecule has 26 heavy (non-hydrogen) atoms. The molecular weight excluding hydrogens is 326 g/mol. The van der Waals surface area contributed by atoms with Gasteiger partial charge in [-0.3, -0.25) is 4.68 Å². The lowest BCUT2D eigenvalue weighted by Crippen LogP contribution is -2.46. The minimum atomic E-state index is 0.0195. The number of likely N-dealkylation sites (tertiary alicyclic amines) is 2. The second-order valence-corrected chi connectivity index (χ2v) is 8.71. The second-order valence-electron chi connectivity index (χ2n) is 8.71. The normalized spacial score (nSPS) is 22.8. The molecule has 2 aliphatic rings. The molecule has 6 heteroatoms. The van der Waals surface area contributed by atoms with E-state index in [-0.39, 0.29) is 6.03 Å². The number of nitrogens with zero attached hydrogens (tertiary/aromatic N) is 4. The van der Waals surface area contributed by atoms with Crippen molar-refractivity contribution < 1.29 is 4.79 Å². The van der Waals surface area contributed by atoms with Crippen molar-refractivity contribution in [2.75, 3.05) is 38.0 Å². The zero-order valence-electron chi connectivity index (χ0n) is 16.7. The average molecular weight is 362 g/mol. The summed E-state index contributed by atoms with van der Waals surface area (Å²) in [6.07, 6.45) is 8.65. The Hall–Kier alpha value is -1.56. The van der Waals surface area contributed by atoms with Crippen molar-refractivity contribution in [2.24, 2.45) is 17.8 Å². The summed E-state index contributed by atoms with van der Waals surface area (Å²) in [7, 11) is 0. The van der Waals surface area contributed by atoms with Crippen molar-refractivity contribution in [3.8, 4) is 0 Å². The maximum atomic E-state index is 12.6. The molecule has 1 aromatic rings. The molecular formula is C20H35N5O. The van der Waals surface area contributed by atoms with E-state index in [0.29, 0.717) is 11.8 Å². The van der Waals surface area contributed by atoms with E-state index in [4.69, 9.17) is 0 Å². The van der Waals surface area contributed by atoms with Gasteiger partial charge < -0.3 is 15.1 Å². The van der Waals surface area contributed by atoms with Crippen molar-refractivity contribution in [3.05, 3.63) is 12.4 Å². The van der Waals surface area contributed by atoms with Gasteiger partial charge in [0.2, 0.25) is 0 Å². The molecule has 3 rings (SSSR count). The number of anilines is 1. The predicted octanol–water partition coefficient (Wildman–Crippen LogP) is 3.51. The maximum absolute atomic E-state index is 12.6. The van der Waals surface area contributed by atoms with Gasteiger partial charge in [-0.2, -0.15) is 5.10 Å². The standard InChI is InChI=1S/C20H35N5O/c1-16(2)12-25-15-19(11-21-25)22-20(26)24-8-4-5-18(14-24)13-23-9-6-17(3)7-10-23/h11,15-18H,4-10,12-14H2,1-3H3,(H,22,26). The highest BCUT2D eigenvalue weighted by molar-refractivity contribution is 5.89. The molecule has 0 aliphatic carbocycles. The maximum Gasteiger partial charge on any atom is 0.321 e. The lowest BCUT2D eigenvalue weighted by molar-refractivity contribution is 0.124. The second kappa shape index (κ2) is 8.89. The summed E-state index contributed by atoms with van der Waals surface area (Å²) in [5, 5.41) is 7.35. The molecule has 0 saturated carbocycles. The van der Waals surface area contributed by atoms with Crippen LogP contribution in [0.25, 0.3) is 0 Å². The number of nitrogens with one attached hydrogen (secondary N) is 1. The van der Waals surface area contributed by atoms with Gasteiger partial charge >= 0.3 is 6.03 Å². The van der Waals surface area contributed by atoms with E-state index < -0.39 is 0 Å². The molecule has 1 unspecified atom stereocenters. The lowest BCUT2D eigenvalue weighted by Gasteiger charge is -2.37. The molecule has 0 aromatic carbocycles. The Morgan fingerprint density at radius 2 is 2.04 bits per heavy atom. The van der Waals surface area contributed by atoms with E-state index in [2.05, 4.69) is 36.1 Å². The monoisotopic (exact) mass is 361 g/mol. The molecule has 1 atom stereocenters. The van der Waals surface area contributed by atoms with Crippen LogP contribution in [0.15, 0.2) is 12.4 Å². The molecule has 2 amide bonds. The van der Waals surface area contributed by atoms with Crippen molar-refractivity contribution >= 4 is 11.7 Å². The Kier molecular flexibility index (Phi) is 6.57. The van der Waals surface area contributed by atoms with Crippen molar-refractivity contribution in [2.45, 2.75) is 53.0 Å². The van der Waals surface area contributed by atoms with Crippen LogP contribution in [0.3, 0.4) is 0 Å². The zero-order valence-corrected chi connectivity index (χ0v) is 16.7. The van der Waals surface area contributed by atoms with Crippen LogP contribution in [0.4, 0.5) is 10.5 Å². The molecule has 1 aromatic heterocycles. The summed E-state index contributed by atoms with van der Waals surface area (Å²) in [6, 6.07) is 0.0195. The van der Waals surface area contributed by atoms with Crippen LogP contribution < -0.4 is 5.32 Å². The van der Waals surface area contributed by atoms with Crippen LogP contribution in [0.5, 0.6) is 0 Å². The summed E-state index contributed by atoms with van der Waals surface area (Å²) < 4.78 is 1.90. The first-order valence-corrected chi connectivity index (χ1v) is 10.3. The fourth-order valence-corrected chi connectivity index (χ4v) is 4.11. The fraction of sp³-hybridized carbons (Fsp3) is 0.800. The number of carbonyl (C=O) groups is 1. The largest absolute Gasteiger partial charge is 0.324 e. The van der Waals surface area contributed by atoms with E-state index in [1.54, 1.807) is 6.20 Å². The van der Waals surface area contributed by atoms with Gasteiger partial charge in [-0.05, 0) is 56.5 Å². The molecule has 2 saturated heterocycles. The number of rotatable bonds is 5. The minimum Gasteiger partial charge on any atom is -0.324 e. The molecule has 2 fully saturated rings. The van der Waals surface area contributed by atoms with Crippen molar-refractivity contribution in [1.82, 2.24) is 19.6 Å². The van der Waals surface area contributed by atoms with Crippen LogP contribution >= 0.6 is 0 Å². The third-order valence-electron chi connectivity index (χ3n) is 5.64. The Morgan fingerprint density at radius 3 is 2.77 bits per heavy atom. The smallest absolute Gasteiger partial charge is 0.321 e. The molecule has 6 nitrogen and oxygen atoms in total. The Labute approximate surface area is 157 Å². The number of aromatic nitrogens is 2. The summed E-state index contributed by atoms with van der Waals surface area (Å²) >= 11 is 0. The predicted molar refractivity (Wildman–Crippen MR) is 105 cm³/mol. The summed E-state index contributed by atoms with van der Waals surface area (Å²) in [5.41, 5.74) is 0.794. The van der Waals surface area contributed by atoms with Crippen LogP contribution in [0, 0.1) is 17.8 Å². The average Bonchev–Trinajstić information content (AvgIpc) is 3.03. The molecule has 146 valence electrons. The van der Waals surface area contributed by atoms with Gasteiger partial charge in [0.15, 0.2) is 0 Å². The first-order valence-electron chi connectivity index (χ1n) is 10.3. The molecule has 0 spiro atoms. The number of urea groups is 1. The van der Waals surface area contributed by atoms with Gasteiger partial charge in [0.1, 0.15) is 0 Å². The third-order valence-corrected chi connectivity index (χ3v) is 5.64. The minimum absolute atomic E-state index is 0.0195. The Balaban J connectivity index is 1.47. The summed E-state index contributed by atoms with van der Waals surface area (Å²) in [6.45, 7) is 12.9. The topological polar surface area (TPSA) is 53.4 Å². The summed E-state index contributed by atoms with van der Waals surface area (Å²) in [5.74, 6) is 2.02. The number of hydrogen-bond acceptors (Lipinski definition) is 3. The van der Waals surface area contributed by atoms with E-state index in [1.165, 1.54) is 32.4 Å². The van der Waals surface area contributed by atoms with Gasteiger partial charge in [-0.1, -0.05) is 20.8 Å². The van der Waals surface area contributed by atoms with Gasteiger partial charge in [0.05, 0.1) is 11.9 Å². The van der Waals surface area contributed by atoms with E-state index in [0.717, 1.165) is 44.2 Å². The molecule has 1 N–H and O–H groups in total. The van der Waals surface area contributed by atoms with Gasteiger partial charge in [-0.15, -0.1) is 0 Å². The van der Waals surface area contributed by atoms with Gasteiger partial charge in [0, 0.05) is 32.4 Å². The fourth-order valence-electron chi connectivity index (χ4n) is 4.11. The highest BCUT2D eigenvalue weighted by atomic mass is 16.2. The van der Waals surface area contributed by atoms with Crippen LogP contribution in [0.2, 0.25) is 0 Å². The highest BCUT2D eigenvalue weighted by Gasteiger charge is 2.26. The van der Waals surface area contributed by atoms with Crippen LogP contribution in [-0.4, -0.2) is 58.3 Å². The van der Waals surface area contributed by atoms with Crippen LogP contribution in [-0.2, 0) is 6.54 Å². The SMILES string of the molecule is CC(C)Cn1cc(NC(=O)N2CCCC(CN3CCC(C)CC3)C2)cn1. The van der Waals surface area contributed by atoms with E-state index in [1.807, 2.05) is 15.8 Å². The van der Waals surface area contributed by atoms with Crippen molar-refractivity contribution in [1.29, 1.82) is 0 Å².